The van der Waals surface area contributed by atoms with Crippen molar-refractivity contribution in [1.82, 2.24) is 10.6 Å². The second-order valence-electron chi connectivity index (χ2n) is 4.18. The van der Waals surface area contributed by atoms with Crippen molar-refractivity contribution in [2.75, 3.05) is 13.1 Å². The van der Waals surface area contributed by atoms with Gasteiger partial charge in [0.15, 0.2) is 0 Å². The first-order valence-corrected chi connectivity index (χ1v) is 5.37. The summed E-state index contributed by atoms with van der Waals surface area (Å²) in [6.07, 6.45) is 6.86. The Balaban J connectivity index is 2.09. The molecule has 2 aliphatic rings. The van der Waals surface area contributed by atoms with Crippen LogP contribution in [0.15, 0.2) is 0 Å². The number of hydrogen-bond acceptors (Lipinski definition) is 2. The molecular weight excluding hydrogens is 164 g/mol. The summed E-state index contributed by atoms with van der Waals surface area (Å²) in [5.74, 6) is 0.237. The van der Waals surface area contributed by atoms with Gasteiger partial charge in [0.25, 0.3) is 0 Å². The minimum absolute atomic E-state index is 0.200. The summed E-state index contributed by atoms with van der Waals surface area (Å²) in [7, 11) is 0. The van der Waals surface area contributed by atoms with Gasteiger partial charge in [0.1, 0.15) is 0 Å². The monoisotopic (exact) mass is 182 g/mol. The number of piperidine rings is 1. The smallest absolute Gasteiger partial charge is 0.240 e. The summed E-state index contributed by atoms with van der Waals surface area (Å²) >= 11 is 0. The quantitative estimate of drug-likeness (QED) is 0.582. The highest BCUT2D eigenvalue weighted by Crippen LogP contribution is 2.26. The molecule has 0 saturated carbocycles. The van der Waals surface area contributed by atoms with Gasteiger partial charge in [-0.1, -0.05) is 12.8 Å². The number of carbonyl (C=O) groups excluding carboxylic acids is 1. The van der Waals surface area contributed by atoms with E-state index in [1.165, 1.54) is 19.3 Å². The zero-order valence-electron chi connectivity index (χ0n) is 8.07. The Hall–Kier alpha value is -0.570. The van der Waals surface area contributed by atoms with Crippen molar-refractivity contribution in [1.29, 1.82) is 0 Å². The second-order valence-corrected chi connectivity index (χ2v) is 4.18. The molecule has 74 valence electrons. The van der Waals surface area contributed by atoms with Crippen LogP contribution < -0.4 is 10.6 Å². The molecular formula is C10H18N2O. The highest BCUT2D eigenvalue weighted by Gasteiger charge is 2.39. The van der Waals surface area contributed by atoms with E-state index in [9.17, 15) is 4.79 Å². The Morgan fingerprint density at radius 2 is 1.85 bits per heavy atom. The molecule has 1 atom stereocenters. The van der Waals surface area contributed by atoms with E-state index >= 15 is 0 Å². The van der Waals surface area contributed by atoms with E-state index in [1.54, 1.807) is 0 Å². The summed E-state index contributed by atoms with van der Waals surface area (Å²) in [5, 5.41) is 6.40. The molecule has 2 N–H and O–H groups in total. The van der Waals surface area contributed by atoms with E-state index in [-0.39, 0.29) is 11.4 Å². The summed E-state index contributed by atoms with van der Waals surface area (Å²) in [5.41, 5.74) is -0.200. The van der Waals surface area contributed by atoms with Crippen molar-refractivity contribution in [2.45, 2.75) is 44.1 Å². The van der Waals surface area contributed by atoms with Crippen LogP contribution in [0.1, 0.15) is 38.5 Å². The lowest BCUT2D eigenvalue weighted by Gasteiger charge is -2.35. The lowest BCUT2D eigenvalue weighted by Crippen LogP contribution is -2.59. The van der Waals surface area contributed by atoms with Crippen molar-refractivity contribution in [3.05, 3.63) is 0 Å². The number of amides is 1. The first-order valence-electron chi connectivity index (χ1n) is 5.37. The Labute approximate surface area is 79.3 Å². The Bertz CT molecular complexity index is 195. The van der Waals surface area contributed by atoms with Crippen LogP contribution in [0.25, 0.3) is 0 Å². The van der Waals surface area contributed by atoms with Crippen LogP contribution in [0.3, 0.4) is 0 Å². The van der Waals surface area contributed by atoms with Gasteiger partial charge in [-0.3, -0.25) is 4.79 Å². The molecule has 2 rings (SSSR count). The van der Waals surface area contributed by atoms with Gasteiger partial charge >= 0.3 is 0 Å². The molecule has 0 aromatic heterocycles. The van der Waals surface area contributed by atoms with Gasteiger partial charge < -0.3 is 10.6 Å². The molecule has 1 unspecified atom stereocenters. The Kier molecular flexibility index (Phi) is 2.54. The molecule has 3 heteroatoms. The molecule has 2 heterocycles. The summed E-state index contributed by atoms with van der Waals surface area (Å²) in [6, 6.07) is 0. The maximum Gasteiger partial charge on any atom is 0.240 e. The molecule has 0 bridgehead atoms. The Morgan fingerprint density at radius 3 is 2.69 bits per heavy atom. The summed E-state index contributed by atoms with van der Waals surface area (Å²) in [4.78, 5) is 11.8. The number of carbonyl (C=O) groups is 1. The van der Waals surface area contributed by atoms with Crippen LogP contribution in [-0.2, 0) is 4.79 Å². The fourth-order valence-corrected chi connectivity index (χ4v) is 2.43. The zero-order valence-corrected chi connectivity index (χ0v) is 8.07. The molecule has 2 fully saturated rings. The molecule has 1 spiro atoms. The van der Waals surface area contributed by atoms with Crippen LogP contribution in [-0.4, -0.2) is 24.5 Å². The Morgan fingerprint density at radius 1 is 1.00 bits per heavy atom. The second kappa shape index (κ2) is 3.66. The number of hydrogen-bond donors (Lipinski definition) is 2. The van der Waals surface area contributed by atoms with Gasteiger partial charge in [0.2, 0.25) is 5.91 Å². The van der Waals surface area contributed by atoms with Crippen molar-refractivity contribution in [3.63, 3.8) is 0 Å². The SMILES string of the molecule is O=C1NCCCC12CCCCCN2. The molecule has 0 radical (unpaired) electrons. The first-order chi connectivity index (χ1) is 6.33. The molecule has 0 aromatic rings. The largest absolute Gasteiger partial charge is 0.354 e. The van der Waals surface area contributed by atoms with E-state index in [0.29, 0.717) is 0 Å². The van der Waals surface area contributed by atoms with Gasteiger partial charge in [-0.15, -0.1) is 0 Å². The zero-order chi connectivity index (χ0) is 9.15. The van der Waals surface area contributed by atoms with Crippen molar-refractivity contribution < 1.29 is 4.79 Å². The van der Waals surface area contributed by atoms with E-state index < -0.39 is 0 Å². The van der Waals surface area contributed by atoms with E-state index in [4.69, 9.17) is 0 Å². The minimum atomic E-state index is -0.200. The van der Waals surface area contributed by atoms with Gasteiger partial charge in [-0.2, -0.15) is 0 Å². The van der Waals surface area contributed by atoms with Crippen molar-refractivity contribution >= 4 is 5.91 Å². The maximum absolute atomic E-state index is 11.8. The fourth-order valence-electron chi connectivity index (χ4n) is 2.43. The van der Waals surface area contributed by atoms with E-state index in [1.807, 2.05) is 0 Å². The number of nitrogens with one attached hydrogen (secondary N) is 2. The lowest BCUT2D eigenvalue weighted by atomic mass is 9.85. The molecule has 3 nitrogen and oxygen atoms in total. The van der Waals surface area contributed by atoms with Crippen molar-refractivity contribution in [2.24, 2.45) is 0 Å². The van der Waals surface area contributed by atoms with Gasteiger partial charge in [-0.25, -0.2) is 0 Å². The van der Waals surface area contributed by atoms with Gasteiger partial charge in [0.05, 0.1) is 5.54 Å². The molecule has 13 heavy (non-hydrogen) atoms. The third kappa shape index (κ3) is 1.70. The minimum Gasteiger partial charge on any atom is -0.354 e. The maximum atomic E-state index is 11.8. The average molecular weight is 182 g/mol. The normalized spacial score (nSPS) is 35.5. The lowest BCUT2D eigenvalue weighted by molar-refractivity contribution is -0.129. The predicted molar refractivity (Wildman–Crippen MR) is 51.4 cm³/mol. The molecule has 2 saturated heterocycles. The van der Waals surface area contributed by atoms with Crippen LogP contribution >= 0.6 is 0 Å². The van der Waals surface area contributed by atoms with E-state index in [0.717, 1.165) is 32.4 Å². The third-order valence-corrected chi connectivity index (χ3v) is 3.24. The topological polar surface area (TPSA) is 41.1 Å². The van der Waals surface area contributed by atoms with Crippen LogP contribution in [0.4, 0.5) is 0 Å². The molecule has 0 aromatic carbocycles. The van der Waals surface area contributed by atoms with Crippen LogP contribution in [0.5, 0.6) is 0 Å². The highest BCUT2D eigenvalue weighted by molar-refractivity contribution is 5.87. The van der Waals surface area contributed by atoms with Crippen LogP contribution in [0, 0.1) is 0 Å². The average Bonchev–Trinajstić information content (AvgIpc) is 2.37. The fraction of sp³-hybridized carbons (Fsp3) is 0.900. The molecule has 1 amide bonds. The van der Waals surface area contributed by atoms with Gasteiger partial charge in [0, 0.05) is 6.54 Å². The van der Waals surface area contributed by atoms with Crippen LogP contribution in [0.2, 0.25) is 0 Å². The predicted octanol–water partition coefficient (Wildman–Crippen LogP) is 0.799. The molecule has 2 aliphatic heterocycles. The third-order valence-electron chi connectivity index (χ3n) is 3.24. The molecule has 0 aliphatic carbocycles. The first kappa shape index (κ1) is 9.00. The number of rotatable bonds is 0. The summed E-state index contributed by atoms with van der Waals surface area (Å²) < 4.78 is 0. The summed E-state index contributed by atoms with van der Waals surface area (Å²) in [6.45, 7) is 1.87. The highest BCUT2D eigenvalue weighted by atomic mass is 16.2. The van der Waals surface area contributed by atoms with Gasteiger partial charge in [-0.05, 0) is 32.2 Å². The standard InChI is InChI=1S/C10H18N2O/c13-9-10(6-4-7-11-9)5-2-1-3-8-12-10/h12H,1-8H2,(H,11,13). The van der Waals surface area contributed by atoms with E-state index in [2.05, 4.69) is 10.6 Å². The van der Waals surface area contributed by atoms with Crippen molar-refractivity contribution in [3.8, 4) is 0 Å².